The maximum atomic E-state index is 13.8. The van der Waals surface area contributed by atoms with E-state index in [9.17, 15) is 8.78 Å². The van der Waals surface area contributed by atoms with Crippen LogP contribution in [-0.2, 0) is 6.42 Å². The molecule has 1 atom stereocenters. The fourth-order valence-electron chi connectivity index (χ4n) is 4.54. The third-order valence-electron chi connectivity index (χ3n) is 5.63. The van der Waals surface area contributed by atoms with E-state index in [-0.39, 0.29) is 5.92 Å². The average Bonchev–Trinajstić information content (AvgIpc) is 2.66. The summed E-state index contributed by atoms with van der Waals surface area (Å²) in [6.07, 6.45) is 2.98. The van der Waals surface area contributed by atoms with Crippen LogP contribution in [-0.4, -0.2) is 0 Å². The van der Waals surface area contributed by atoms with Gasteiger partial charge in [0.2, 0.25) is 0 Å². The zero-order valence-electron chi connectivity index (χ0n) is 14.3. The van der Waals surface area contributed by atoms with Crippen LogP contribution in [0.1, 0.15) is 35.4 Å². The molecule has 0 saturated heterocycles. The number of benzene rings is 4. The molecule has 0 radical (unpaired) electrons. The van der Waals surface area contributed by atoms with Crippen LogP contribution in [0.3, 0.4) is 0 Å². The molecule has 1 aliphatic carbocycles. The highest BCUT2D eigenvalue weighted by molar-refractivity contribution is 6.09. The lowest BCUT2D eigenvalue weighted by molar-refractivity contribution is 0.566. The Labute approximate surface area is 151 Å². The van der Waals surface area contributed by atoms with E-state index in [2.05, 4.69) is 42.5 Å². The van der Waals surface area contributed by atoms with E-state index in [1.807, 2.05) is 6.07 Å². The molecular weight excluding hydrogens is 326 g/mol. The van der Waals surface area contributed by atoms with E-state index < -0.39 is 11.6 Å². The lowest BCUT2D eigenvalue weighted by Crippen LogP contribution is -2.12. The van der Waals surface area contributed by atoms with Crippen LogP contribution in [0.2, 0.25) is 0 Å². The number of aryl methyl sites for hydroxylation is 1. The molecule has 26 heavy (non-hydrogen) atoms. The first-order valence-electron chi connectivity index (χ1n) is 9.10. The van der Waals surface area contributed by atoms with E-state index in [1.54, 1.807) is 0 Å². The maximum Gasteiger partial charge on any atom is 0.126 e. The summed E-state index contributed by atoms with van der Waals surface area (Å²) < 4.78 is 27.7. The van der Waals surface area contributed by atoms with E-state index >= 15 is 0 Å². The average molecular weight is 344 g/mol. The second-order valence-corrected chi connectivity index (χ2v) is 7.17. The van der Waals surface area contributed by atoms with Gasteiger partial charge >= 0.3 is 0 Å². The smallest absolute Gasteiger partial charge is 0.126 e. The molecule has 0 bridgehead atoms. The van der Waals surface area contributed by atoms with Crippen LogP contribution in [0.15, 0.2) is 66.7 Å². The van der Waals surface area contributed by atoms with Gasteiger partial charge in [-0.1, -0.05) is 48.5 Å². The standard InChI is InChI=1S/C24H18F2/c25-18-12-17(13-19(26)14-18)21-7-3-5-16-9-10-22-20-6-2-1-4-15(20)8-11-23(22)24(16)21/h1-2,4,6,8-14,21H,3,5,7H2. The van der Waals surface area contributed by atoms with Gasteiger partial charge in [0, 0.05) is 12.0 Å². The first-order valence-corrected chi connectivity index (χ1v) is 9.10. The number of hydrogen-bond acceptors (Lipinski definition) is 0. The summed E-state index contributed by atoms with van der Waals surface area (Å²) in [6.45, 7) is 0. The third kappa shape index (κ3) is 2.40. The molecule has 2 heteroatoms. The molecule has 1 unspecified atom stereocenters. The minimum Gasteiger partial charge on any atom is -0.207 e. The van der Waals surface area contributed by atoms with Crippen molar-refractivity contribution in [3.05, 3.63) is 95.1 Å². The highest BCUT2D eigenvalue weighted by Crippen LogP contribution is 2.42. The van der Waals surface area contributed by atoms with E-state index in [1.165, 1.54) is 44.8 Å². The Morgan fingerprint density at radius 2 is 1.50 bits per heavy atom. The van der Waals surface area contributed by atoms with Crippen LogP contribution >= 0.6 is 0 Å². The molecule has 4 aromatic carbocycles. The summed E-state index contributed by atoms with van der Waals surface area (Å²) in [6, 6.07) is 21.0. The molecule has 0 heterocycles. The number of hydrogen-bond donors (Lipinski definition) is 0. The van der Waals surface area contributed by atoms with Crippen LogP contribution in [0.4, 0.5) is 8.78 Å². The molecule has 0 amide bonds. The van der Waals surface area contributed by atoms with Gasteiger partial charge in [-0.3, -0.25) is 0 Å². The van der Waals surface area contributed by atoms with Crippen molar-refractivity contribution in [3.8, 4) is 0 Å². The SMILES string of the molecule is Fc1cc(F)cc(C2CCCc3ccc4c(ccc5ccccc54)c32)c1. The quantitative estimate of drug-likeness (QED) is 0.335. The van der Waals surface area contributed by atoms with Crippen LogP contribution in [0.5, 0.6) is 0 Å². The fraction of sp³-hybridized carbons (Fsp3) is 0.167. The maximum absolute atomic E-state index is 13.8. The van der Waals surface area contributed by atoms with Crippen molar-refractivity contribution >= 4 is 21.5 Å². The molecule has 0 nitrogen and oxygen atoms in total. The molecule has 0 spiro atoms. The van der Waals surface area contributed by atoms with Crippen molar-refractivity contribution in [2.75, 3.05) is 0 Å². The lowest BCUT2D eigenvalue weighted by Gasteiger charge is -2.28. The van der Waals surface area contributed by atoms with Crippen LogP contribution < -0.4 is 0 Å². The van der Waals surface area contributed by atoms with Gasteiger partial charge in [0.1, 0.15) is 11.6 Å². The topological polar surface area (TPSA) is 0 Å². The second-order valence-electron chi connectivity index (χ2n) is 7.17. The summed E-state index contributed by atoms with van der Waals surface area (Å²) >= 11 is 0. The van der Waals surface area contributed by atoms with Crippen molar-refractivity contribution in [2.24, 2.45) is 0 Å². The zero-order chi connectivity index (χ0) is 17.7. The van der Waals surface area contributed by atoms with Gasteiger partial charge in [0.15, 0.2) is 0 Å². The van der Waals surface area contributed by atoms with Gasteiger partial charge in [-0.05, 0) is 69.6 Å². The summed E-state index contributed by atoms with van der Waals surface area (Å²) in [4.78, 5) is 0. The predicted molar refractivity (Wildman–Crippen MR) is 103 cm³/mol. The van der Waals surface area contributed by atoms with Crippen molar-refractivity contribution in [3.63, 3.8) is 0 Å². The summed E-state index contributed by atoms with van der Waals surface area (Å²) in [5.74, 6) is -0.968. The molecule has 4 aromatic rings. The largest absolute Gasteiger partial charge is 0.207 e. The summed E-state index contributed by atoms with van der Waals surface area (Å²) in [5, 5.41) is 4.85. The Morgan fingerprint density at radius 3 is 2.35 bits per heavy atom. The monoisotopic (exact) mass is 344 g/mol. The minimum atomic E-state index is -0.502. The summed E-state index contributed by atoms with van der Waals surface area (Å²) in [5.41, 5.74) is 3.28. The number of rotatable bonds is 1. The third-order valence-corrected chi connectivity index (χ3v) is 5.63. The van der Waals surface area contributed by atoms with Gasteiger partial charge < -0.3 is 0 Å². The molecule has 0 N–H and O–H groups in total. The highest BCUT2D eigenvalue weighted by atomic mass is 19.1. The second kappa shape index (κ2) is 5.91. The fourth-order valence-corrected chi connectivity index (χ4v) is 4.54. The van der Waals surface area contributed by atoms with Crippen molar-refractivity contribution in [1.82, 2.24) is 0 Å². The van der Waals surface area contributed by atoms with Crippen molar-refractivity contribution in [1.29, 1.82) is 0 Å². The molecule has 0 aromatic heterocycles. The molecule has 0 aliphatic heterocycles. The molecule has 5 rings (SSSR count). The van der Waals surface area contributed by atoms with E-state index in [4.69, 9.17) is 0 Å². The van der Waals surface area contributed by atoms with E-state index in [0.717, 1.165) is 30.9 Å². The van der Waals surface area contributed by atoms with Gasteiger partial charge in [-0.15, -0.1) is 0 Å². The van der Waals surface area contributed by atoms with Crippen LogP contribution in [0, 0.1) is 11.6 Å². The molecule has 0 saturated carbocycles. The lowest BCUT2D eigenvalue weighted by atomic mass is 9.76. The molecular formula is C24H18F2. The normalized spacial score (nSPS) is 16.8. The molecule has 128 valence electrons. The Balaban J connectivity index is 1.81. The Kier molecular flexibility index (Phi) is 3.53. The van der Waals surface area contributed by atoms with Gasteiger partial charge in [0.25, 0.3) is 0 Å². The van der Waals surface area contributed by atoms with Crippen molar-refractivity contribution in [2.45, 2.75) is 25.2 Å². The summed E-state index contributed by atoms with van der Waals surface area (Å²) in [7, 11) is 0. The Morgan fingerprint density at radius 1 is 0.731 bits per heavy atom. The molecule has 0 fully saturated rings. The van der Waals surface area contributed by atoms with Gasteiger partial charge in [0.05, 0.1) is 0 Å². The number of halogens is 2. The Bertz CT molecular complexity index is 1120. The minimum absolute atomic E-state index is 0.0359. The van der Waals surface area contributed by atoms with Gasteiger partial charge in [-0.2, -0.15) is 0 Å². The first-order chi connectivity index (χ1) is 12.7. The first kappa shape index (κ1) is 15.5. The molecule has 1 aliphatic rings. The van der Waals surface area contributed by atoms with Crippen molar-refractivity contribution < 1.29 is 8.78 Å². The number of fused-ring (bicyclic) bond motifs is 5. The van der Waals surface area contributed by atoms with Crippen LogP contribution in [0.25, 0.3) is 21.5 Å². The zero-order valence-corrected chi connectivity index (χ0v) is 14.3. The predicted octanol–water partition coefficient (Wildman–Crippen LogP) is 6.74. The highest BCUT2D eigenvalue weighted by Gasteiger charge is 2.25. The van der Waals surface area contributed by atoms with E-state index in [0.29, 0.717) is 0 Å². The van der Waals surface area contributed by atoms with Gasteiger partial charge in [-0.25, -0.2) is 8.78 Å². The Hall–Kier alpha value is -2.74.